The van der Waals surface area contributed by atoms with E-state index in [4.69, 9.17) is 10.2 Å². The Kier molecular flexibility index (Phi) is 12.8. The lowest BCUT2D eigenvalue weighted by atomic mass is 10.1. The van der Waals surface area contributed by atoms with Crippen molar-refractivity contribution < 1.29 is 24.9 Å². The van der Waals surface area contributed by atoms with Crippen LogP contribution in [0.1, 0.15) is 71.1 Å². The molecule has 0 aliphatic heterocycles. The van der Waals surface area contributed by atoms with Crippen LogP contribution in [-0.2, 0) is 9.59 Å². The van der Waals surface area contributed by atoms with Crippen LogP contribution >= 0.6 is 0 Å². The molecule has 0 aliphatic carbocycles. The first-order valence-electron chi connectivity index (χ1n) is 8.37. The second kappa shape index (κ2) is 13.5. The van der Waals surface area contributed by atoms with E-state index in [1.54, 1.807) is 0 Å². The van der Waals surface area contributed by atoms with Crippen LogP contribution in [0.15, 0.2) is 0 Å². The molecular weight excluding hydrogens is 286 g/mol. The molecule has 0 rings (SSSR count). The van der Waals surface area contributed by atoms with Crippen LogP contribution in [0.4, 0.5) is 0 Å². The normalized spacial score (nSPS) is 13.6. The first-order chi connectivity index (χ1) is 10.5. The van der Waals surface area contributed by atoms with E-state index in [1.807, 2.05) is 0 Å². The highest BCUT2D eigenvalue weighted by Gasteiger charge is 2.29. The van der Waals surface area contributed by atoms with Gasteiger partial charge in [-0.2, -0.15) is 0 Å². The fourth-order valence-electron chi connectivity index (χ4n) is 2.21. The van der Waals surface area contributed by atoms with Gasteiger partial charge in [0.1, 0.15) is 0 Å². The van der Waals surface area contributed by atoms with Gasteiger partial charge in [0, 0.05) is 6.54 Å². The maximum atomic E-state index is 11.4. The van der Waals surface area contributed by atoms with E-state index in [1.165, 1.54) is 44.9 Å². The van der Waals surface area contributed by atoms with E-state index < -0.39 is 24.1 Å². The zero-order valence-electron chi connectivity index (χ0n) is 13.6. The third-order valence-corrected chi connectivity index (χ3v) is 3.65. The van der Waals surface area contributed by atoms with Gasteiger partial charge in [-0.1, -0.05) is 64.7 Å². The molecule has 0 aromatic rings. The van der Waals surface area contributed by atoms with Crippen molar-refractivity contribution in [1.29, 1.82) is 0 Å². The van der Waals surface area contributed by atoms with Crippen LogP contribution in [0, 0.1) is 0 Å². The van der Waals surface area contributed by atoms with Crippen LogP contribution < -0.4 is 5.32 Å². The summed E-state index contributed by atoms with van der Waals surface area (Å²) in [5.41, 5.74) is 0. The lowest BCUT2D eigenvalue weighted by Gasteiger charge is -2.13. The number of aliphatic hydroxyl groups excluding tert-OH is 2. The fourth-order valence-corrected chi connectivity index (χ4v) is 2.21. The Labute approximate surface area is 132 Å². The van der Waals surface area contributed by atoms with Crippen molar-refractivity contribution in [3.8, 4) is 0 Å². The number of carbonyl (C=O) groups excluding carboxylic acids is 1. The molecule has 0 fully saturated rings. The summed E-state index contributed by atoms with van der Waals surface area (Å²) in [6.45, 7) is 2.60. The number of aliphatic hydroxyl groups is 2. The van der Waals surface area contributed by atoms with Crippen molar-refractivity contribution in [2.24, 2.45) is 0 Å². The van der Waals surface area contributed by atoms with Gasteiger partial charge in [-0.15, -0.1) is 0 Å². The standard InChI is InChI=1S/C16H31NO5/c1-2-3-4-5-6-7-8-9-10-11-12-17-15(20)13(18)14(19)16(21)22/h13-14,18-19H,2-12H2,1H3,(H,17,20)(H,21,22). The number of rotatable bonds is 14. The van der Waals surface area contributed by atoms with Crippen molar-refractivity contribution in [3.63, 3.8) is 0 Å². The Morgan fingerprint density at radius 1 is 0.818 bits per heavy atom. The third-order valence-electron chi connectivity index (χ3n) is 3.65. The number of carboxylic acid groups (broad SMARTS) is 1. The predicted molar refractivity (Wildman–Crippen MR) is 84.5 cm³/mol. The number of unbranched alkanes of at least 4 members (excludes halogenated alkanes) is 9. The molecule has 6 heteroatoms. The van der Waals surface area contributed by atoms with Crippen LogP contribution in [0.25, 0.3) is 0 Å². The second-order valence-electron chi connectivity index (χ2n) is 5.70. The lowest BCUT2D eigenvalue weighted by Crippen LogP contribution is -2.45. The minimum absolute atomic E-state index is 0.388. The zero-order valence-corrected chi connectivity index (χ0v) is 13.6. The quantitative estimate of drug-likeness (QED) is 0.366. The number of aliphatic carboxylic acids is 1. The average Bonchev–Trinajstić information content (AvgIpc) is 2.50. The zero-order chi connectivity index (χ0) is 16.8. The highest BCUT2D eigenvalue weighted by atomic mass is 16.4. The summed E-state index contributed by atoms with van der Waals surface area (Å²) < 4.78 is 0. The van der Waals surface area contributed by atoms with Crippen molar-refractivity contribution in [2.45, 2.75) is 83.3 Å². The Bertz CT molecular complexity index is 309. The molecular formula is C16H31NO5. The number of carboxylic acids is 1. The molecule has 22 heavy (non-hydrogen) atoms. The number of hydrogen-bond acceptors (Lipinski definition) is 4. The molecule has 0 saturated heterocycles. The van der Waals surface area contributed by atoms with E-state index in [9.17, 15) is 14.7 Å². The Hall–Kier alpha value is -1.14. The molecule has 0 spiro atoms. The average molecular weight is 317 g/mol. The summed E-state index contributed by atoms with van der Waals surface area (Å²) in [6.07, 6.45) is 7.87. The van der Waals surface area contributed by atoms with Crippen molar-refractivity contribution in [1.82, 2.24) is 5.32 Å². The molecule has 130 valence electrons. The monoisotopic (exact) mass is 317 g/mol. The minimum atomic E-state index is -2.08. The molecule has 0 bridgehead atoms. The predicted octanol–water partition coefficient (Wildman–Crippen LogP) is 1.83. The first-order valence-corrected chi connectivity index (χ1v) is 8.37. The molecule has 0 saturated carbocycles. The van der Waals surface area contributed by atoms with Gasteiger partial charge in [0.05, 0.1) is 0 Å². The van der Waals surface area contributed by atoms with Gasteiger partial charge in [0.2, 0.25) is 0 Å². The summed E-state index contributed by atoms with van der Waals surface area (Å²) in [4.78, 5) is 21.8. The Morgan fingerprint density at radius 2 is 1.27 bits per heavy atom. The summed E-state index contributed by atoms with van der Waals surface area (Å²) in [5.74, 6) is -2.45. The van der Waals surface area contributed by atoms with Crippen LogP contribution in [0.3, 0.4) is 0 Å². The molecule has 0 radical (unpaired) electrons. The van der Waals surface area contributed by atoms with E-state index in [0.717, 1.165) is 19.3 Å². The molecule has 0 aliphatic rings. The molecule has 1 amide bonds. The number of hydrogen-bond donors (Lipinski definition) is 4. The lowest BCUT2D eigenvalue weighted by molar-refractivity contribution is -0.158. The van der Waals surface area contributed by atoms with E-state index >= 15 is 0 Å². The molecule has 0 heterocycles. The highest BCUT2D eigenvalue weighted by molar-refractivity contribution is 5.87. The largest absolute Gasteiger partial charge is 0.479 e. The van der Waals surface area contributed by atoms with E-state index in [2.05, 4.69) is 12.2 Å². The summed E-state index contributed by atoms with van der Waals surface area (Å²) in [6, 6.07) is 0. The molecule has 6 nitrogen and oxygen atoms in total. The van der Waals surface area contributed by atoms with Crippen LogP contribution in [0.5, 0.6) is 0 Å². The van der Waals surface area contributed by atoms with Crippen molar-refractivity contribution in [2.75, 3.05) is 6.54 Å². The van der Waals surface area contributed by atoms with Gasteiger partial charge in [-0.05, 0) is 6.42 Å². The molecule has 0 aromatic heterocycles. The minimum Gasteiger partial charge on any atom is -0.479 e. The number of carbonyl (C=O) groups is 2. The third kappa shape index (κ3) is 10.6. The molecule has 4 N–H and O–H groups in total. The van der Waals surface area contributed by atoms with Gasteiger partial charge in [0.15, 0.2) is 12.2 Å². The van der Waals surface area contributed by atoms with Gasteiger partial charge < -0.3 is 20.6 Å². The SMILES string of the molecule is CCCCCCCCCCCCNC(=O)C(O)C(O)C(=O)O. The smallest absolute Gasteiger partial charge is 0.335 e. The fraction of sp³-hybridized carbons (Fsp3) is 0.875. The van der Waals surface area contributed by atoms with E-state index in [0.29, 0.717) is 6.54 Å². The molecule has 0 aromatic carbocycles. The maximum absolute atomic E-state index is 11.4. The maximum Gasteiger partial charge on any atom is 0.335 e. The second-order valence-corrected chi connectivity index (χ2v) is 5.70. The highest BCUT2D eigenvalue weighted by Crippen LogP contribution is 2.10. The van der Waals surface area contributed by atoms with Gasteiger partial charge >= 0.3 is 5.97 Å². The first kappa shape index (κ1) is 20.9. The van der Waals surface area contributed by atoms with Crippen LogP contribution in [0.2, 0.25) is 0 Å². The van der Waals surface area contributed by atoms with Gasteiger partial charge in [-0.3, -0.25) is 4.79 Å². The van der Waals surface area contributed by atoms with Crippen LogP contribution in [-0.4, -0.2) is 45.9 Å². The van der Waals surface area contributed by atoms with Crippen molar-refractivity contribution in [3.05, 3.63) is 0 Å². The Balaban J connectivity index is 3.42. The molecule has 2 atom stereocenters. The van der Waals surface area contributed by atoms with Gasteiger partial charge in [0.25, 0.3) is 5.91 Å². The number of amides is 1. The topological polar surface area (TPSA) is 107 Å². The van der Waals surface area contributed by atoms with E-state index in [-0.39, 0.29) is 0 Å². The summed E-state index contributed by atoms with van der Waals surface area (Å²) in [5, 5.41) is 29.2. The van der Waals surface area contributed by atoms with Crippen molar-refractivity contribution >= 4 is 11.9 Å². The van der Waals surface area contributed by atoms with Gasteiger partial charge in [-0.25, -0.2) is 4.79 Å². The molecule has 2 unspecified atom stereocenters. The summed E-state index contributed by atoms with van der Waals surface area (Å²) >= 11 is 0. The summed E-state index contributed by atoms with van der Waals surface area (Å²) in [7, 11) is 0. The number of nitrogens with one attached hydrogen (secondary N) is 1. The Morgan fingerprint density at radius 3 is 1.73 bits per heavy atom.